The second kappa shape index (κ2) is 6.65. The van der Waals surface area contributed by atoms with Crippen molar-refractivity contribution >= 4 is 27.8 Å². The Morgan fingerprint density at radius 2 is 2.00 bits per heavy atom. The van der Waals surface area contributed by atoms with Gasteiger partial charge in [0.25, 0.3) is 0 Å². The van der Waals surface area contributed by atoms with Gasteiger partial charge in [-0.3, -0.25) is 4.79 Å². The lowest BCUT2D eigenvalue weighted by Crippen LogP contribution is -3.08. The highest BCUT2D eigenvalue weighted by Gasteiger charge is 2.32. The molecule has 2 aromatic carbocycles. The summed E-state index contributed by atoms with van der Waals surface area (Å²) in [5.41, 5.74) is 2.16. The normalized spacial score (nSPS) is 18.6. The van der Waals surface area contributed by atoms with Gasteiger partial charge in [0.05, 0.1) is 24.2 Å². The van der Waals surface area contributed by atoms with Gasteiger partial charge in [0, 0.05) is 17.3 Å². The molecule has 0 atom stereocenters. The Kier molecular flexibility index (Phi) is 4.36. The van der Waals surface area contributed by atoms with Gasteiger partial charge in [-0.2, -0.15) is 0 Å². The largest absolute Gasteiger partial charge is 0.507 e. The first-order valence-electron chi connectivity index (χ1n) is 8.50. The quantitative estimate of drug-likeness (QED) is 0.778. The number of rotatable bonds is 3. The zero-order valence-corrected chi connectivity index (χ0v) is 15.3. The van der Waals surface area contributed by atoms with Crippen LogP contribution in [0, 0.1) is 0 Å². The molecular weight excluding hydrogens is 382 g/mol. The molecule has 2 heterocycles. The van der Waals surface area contributed by atoms with Gasteiger partial charge >= 0.3 is 0 Å². The summed E-state index contributed by atoms with van der Waals surface area (Å²) >= 11 is 3.43. The van der Waals surface area contributed by atoms with Crippen molar-refractivity contribution in [2.75, 3.05) is 13.1 Å². The number of benzene rings is 2. The zero-order valence-electron chi connectivity index (χ0n) is 13.7. The molecule has 5 heteroatoms. The number of allylic oxidation sites excluding steroid dienone is 1. The van der Waals surface area contributed by atoms with E-state index in [1.54, 1.807) is 18.2 Å². The van der Waals surface area contributed by atoms with E-state index in [1.807, 2.05) is 24.3 Å². The lowest BCUT2D eigenvalue weighted by Gasteiger charge is -2.15. The van der Waals surface area contributed by atoms with Gasteiger partial charge in [-0.1, -0.05) is 28.1 Å². The predicted molar refractivity (Wildman–Crippen MR) is 98.8 cm³/mol. The molecule has 128 valence electrons. The monoisotopic (exact) mass is 400 g/mol. The van der Waals surface area contributed by atoms with Crippen molar-refractivity contribution in [2.24, 2.45) is 0 Å². The topological polar surface area (TPSA) is 51.0 Å². The minimum absolute atomic E-state index is 0.132. The first kappa shape index (κ1) is 16.4. The average molecular weight is 401 g/mol. The number of hydrogen-bond donors (Lipinski definition) is 2. The van der Waals surface area contributed by atoms with Gasteiger partial charge in [0.15, 0.2) is 11.5 Å². The Balaban J connectivity index is 1.68. The molecule has 4 nitrogen and oxygen atoms in total. The summed E-state index contributed by atoms with van der Waals surface area (Å²) in [6.45, 7) is 2.88. The number of carbonyl (C=O) groups is 1. The fraction of sp³-hybridized carbons (Fsp3) is 0.250. The smallest absolute Gasteiger partial charge is 0.231 e. The van der Waals surface area contributed by atoms with E-state index in [-0.39, 0.29) is 11.5 Å². The summed E-state index contributed by atoms with van der Waals surface area (Å²) in [6, 6.07) is 11.0. The molecule has 0 aromatic heterocycles. The number of Topliss-reactive ketones (excluding diaryl/α,β-unsaturated/α-hetero) is 1. The number of phenols is 1. The second-order valence-electron chi connectivity index (χ2n) is 6.57. The van der Waals surface area contributed by atoms with Crippen LogP contribution in [0.3, 0.4) is 0 Å². The molecular formula is C20H19BrNO3+. The molecule has 2 N–H and O–H groups in total. The molecule has 0 saturated carbocycles. The molecule has 1 saturated heterocycles. The van der Waals surface area contributed by atoms with E-state index in [2.05, 4.69) is 15.9 Å². The van der Waals surface area contributed by atoms with E-state index in [1.165, 1.54) is 17.7 Å². The minimum atomic E-state index is -0.132. The maximum atomic E-state index is 12.7. The molecule has 0 bridgehead atoms. The maximum Gasteiger partial charge on any atom is 0.231 e. The highest BCUT2D eigenvalue weighted by molar-refractivity contribution is 9.10. The Morgan fingerprint density at radius 1 is 1.20 bits per heavy atom. The molecule has 0 radical (unpaired) electrons. The Morgan fingerprint density at radius 3 is 2.76 bits per heavy atom. The number of carbonyl (C=O) groups excluding carboxylic acids is 1. The van der Waals surface area contributed by atoms with Crippen molar-refractivity contribution in [2.45, 2.75) is 19.4 Å². The first-order valence-corrected chi connectivity index (χ1v) is 9.29. The number of nitrogens with one attached hydrogen (secondary N) is 1. The number of phenolic OH excluding ortho intramolecular Hbond substituents is 1. The van der Waals surface area contributed by atoms with Crippen LogP contribution >= 0.6 is 15.9 Å². The number of ether oxygens (including phenoxy) is 1. The summed E-state index contributed by atoms with van der Waals surface area (Å²) in [5, 5.41) is 10.3. The number of quaternary nitrogens is 1. The van der Waals surface area contributed by atoms with E-state index < -0.39 is 0 Å². The van der Waals surface area contributed by atoms with Crippen molar-refractivity contribution in [3.05, 3.63) is 63.3 Å². The third-order valence-corrected chi connectivity index (χ3v) is 5.29. The van der Waals surface area contributed by atoms with Crippen LogP contribution in [0.25, 0.3) is 6.08 Å². The molecule has 2 aromatic rings. The third kappa shape index (κ3) is 3.22. The first-order chi connectivity index (χ1) is 12.1. The van der Waals surface area contributed by atoms with Crippen LogP contribution in [-0.4, -0.2) is 24.0 Å². The summed E-state index contributed by atoms with van der Waals surface area (Å²) in [4.78, 5) is 14.1. The molecule has 0 aliphatic carbocycles. The van der Waals surface area contributed by atoms with Crippen molar-refractivity contribution in [1.29, 1.82) is 0 Å². The van der Waals surface area contributed by atoms with Crippen LogP contribution in [0.15, 0.2) is 46.6 Å². The van der Waals surface area contributed by atoms with Gasteiger partial charge in [0.2, 0.25) is 5.78 Å². The summed E-state index contributed by atoms with van der Waals surface area (Å²) in [7, 11) is 0. The molecule has 0 spiro atoms. The fourth-order valence-corrected chi connectivity index (χ4v) is 3.93. The SMILES string of the molecule is O=C1/C(=C/c2cccc(Br)c2)Oc2c1ccc(O)c2C[NH+]1CCCC1. The van der Waals surface area contributed by atoms with Crippen LogP contribution in [0.1, 0.15) is 34.3 Å². The van der Waals surface area contributed by atoms with Crippen molar-refractivity contribution in [3.63, 3.8) is 0 Å². The Labute approximate surface area is 154 Å². The Hall–Kier alpha value is -2.11. The van der Waals surface area contributed by atoms with Crippen LogP contribution in [-0.2, 0) is 6.54 Å². The van der Waals surface area contributed by atoms with E-state index in [0.717, 1.165) is 28.7 Å². The minimum Gasteiger partial charge on any atom is -0.507 e. The number of aromatic hydroxyl groups is 1. The van der Waals surface area contributed by atoms with Crippen LogP contribution < -0.4 is 9.64 Å². The molecule has 25 heavy (non-hydrogen) atoms. The molecule has 2 aliphatic rings. The van der Waals surface area contributed by atoms with Crippen LogP contribution in [0.2, 0.25) is 0 Å². The van der Waals surface area contributed by atoms with E-state index in [4.69, 9.17) is 4.74 Å². The van der Waals surface area contributed by atoms with Gasteiger partial charge in [-0.15, -0.1) is 0 Å². The van der Waals surface area contributed by atoms with Crippen molar-refractivity contribution in [1.82, 2.24) is 0 Å². The predicted octanol–water partition coefficient (Wildman–Crippen LogP) is 2.95. The van der Waals surface area contributed by atoms with Gasteiger partial charge in [-0.05, 0) is 35.9 Å². The molecule has 1 fully saturated rings. The van der Waals surface area contributed by atoms with Crippen LogP contribution in [0.4, 0.5) is 0 Å². The number of fused-ring (bicyclic) bond motifs is 1. The van der Waals surface area contributed by atoms with E-state index >= 15 is 0 Å². The maximum absolute atomic E-state index is 12.7. The lowest BCUT2D eigenvalue weighted by atomic mass is 10.0. The van der Waals surface area contributed by atoms with Crippen molar-refractivity contribution in [3.8, 4) is 11.5 Å². The van der Waals surface area contributed by atoms with Gasteiger partial charge in [0.1, 0.15) is 12.3 Å². The second-order valence-corrected chi connectivity index (χ2v) is 7.48. The van der Waals surface area contributed by atoms with Gasteiger partial charge < -0.3 is 14.7 Å². The molecule has 4 rings (SSSR count). The Bertz CT molecular complexity index is 869. The zero-order chi connectivity index (χ0) is 17.4. The van der Waals surface area contributed by atoms with E-state index in [0.29, 0.717) is 23.6 Å². The highest BCUT2D eigenvalue weighted by atomic mass is 79.9. The number of hydrogen-bond acceptors (Lipinski definition) is 3. The molecule has 0 amide bonds. The summed E-state index contributed by atoms with van der Waals surface area (Å²) < 4.78 is 6.85. The van der Waals surface area contributed by atoms with Gasteiger partial charge in [-0.25, -0.2) is 0 Å². The lowest BCUT2D eigenvalue weighted by molar-refractivity contribution is -0.901. The highest BCUT2D eigenvalue weighted by Crippen LogP contribution is 2.39. The number of halogens is 1. The standard InChI is InChI=1S/C20H18BrNO3/c21-14-5-3-4-13(10-14)11-18-19(24)15-6-7-17(23)16(20(15)25-18)12-22-8-1-2-9-22/h3-7,10-11,23H,1-2,8-9,12H2/p+1/b18-11-. The third-order valence-electron chi connectivity index (χ3n) is 4.80. The molecule has 2 aliphatic heterocycles. The average Bonchev–Trinajstić information content (AvgIpc) is 3.20. The summed E-state index contributed by atoms with van der Waals surface area (Å²) in [5.74, 6) is 0.893. The number of likely N-dealkylation sites (tertiary alicyclic amines) is 1. The number of ketones is 1. The van der Waals surface area contributed by atoms with E-state index in [9.17, 15) is 9.90 Å². The van der Waals surface area contributed by atoms with Crippen molar-refractivity contribution < 1.29 is 19.5 Å². The van der Waals surface area contributed by atoms with Crippen LogP contribution in [0.5, 0.6) is 11.5 Å². The molecule has 0 unspecified atom stereocenters. The summed E-state index contributed by atoms with van der Waals surface area (Å²) in [6.07, 6.45) is 4.16. The fourth-order valence-electron chi connectivity index (χ4n) is 3.52.